The van der Waals surface area contributed by atoms with Gasteiger partial charge in [0.05, 0.1) is 6.61 Å². The van der Waals surface area contributed by atoms with Gasteiger partial charge in [-0.2, -0.15) is 0 Å². The Labute approximate surface area is 157 Å². The van der Waals surface area contributed by atoms with E-state index in [1.165, 1.54) is 0 Å². The molecule has 0 aliphatic rings. The molecule has 0 saturated carbocycles. The number of aryl methyl sites for hydroxylation is 1. The zero-order valence-electron chi connectivity index (χ0n) is 15.3. The molecule has 0 fully saturated rings. The maximum atomic E-state index is 12.4. The van der Waals surface area contributed by atoms with E-state index in [4.69, 9.17) is 4.74 Å². The normalized spacial score (nSPS) is 10.3. The van der Waals surface area contributed by atoms with Crippen molar-refractivity contribution in [3.63, 3.8) is 0 Å². The molecule has 3 rings (SSSR count). The molecule has 0 radical (unpaired) electrons. The fourth-order valence-electron chi connectivity index (χ4n) is 2.47. The van der Waals surface area contributed by atoms with Gasteiger partial charge in [0.15, 0.2) is 0 Å². The van der Waals surface area contributed by atoms with Gasteiger partial charge in [0.2, 0.25) is 0 Å². The molecule has 3 aromatic rings. The lowest BCUT2D eigenvalue weighted by Gasteiger charge is -2.10. The minimum absolute atomic E-state index is 0.265. The third kappa shape index (κ3) is 5.24. The highest BCUT2D eigenvalue weighted by Crippen LogP contribution is 2.19. The number of anilines is 2. The van der Waals surface area contributed by atoms with Crippen molar-refractivity contribution in [1.82, 2.24) is 20.3 Å². The smallest absolute Gasteiger partial charge is 0.270 e. The van der Waals surface area contributed by atoms with Gasteiger partial charge in [0, 0.05) is 30.7 Å². The number of rotatable bonds is 7. The number of carbonyl (C=O) groups excluding carboxylic acids is 1. The van der Waals surface area contributed by atoms with Crippen LogP contribution in [0.25, 0.3) is 0 Å². The quantitative estimate of drug-likeness (QED) is 0.670. The Bertz CT molecular complexity index is 898. The number of ether oxygens (including phenoxy) is 1. The third-order valence-corrected chi connectivity index (χ3v) is 3.68. The number of amides is 1. The maximum absolute atomic E-state index is 12.4. The molecule has 2 N–H and O–H groups in total. The first-order chi connectivity index (χ1) is 13.1. The van der Waals surface area contributed by atoms with Gasteiger partial charge in [-0.05, 0) is 49.7 Å². The van der Waals surface area contributed by atoms with E-state index in [2.05, 4.69) is 25.6 Å². The second-order valence-corrected chi connectivity index (χ2v) is 5.81. The number of nitrogens with zero attached hydrogens (tertiary/aromatic N) is 3. The first-order valence-electron chi connectivity index (χ1n) is 8.66. The van der Waals surface area contributed by atoms with Crippen LogP contribution < -0.4 is 15.4 Å². The van der Waals surface area contributed by atoms with Crippen LogP contribution in [-0.4, -0.2) is 27.5 Å². The van der Waals surface area contributed by atoms with E-state index in [1.54, 1.807) is 25.4 Å². The van der Waals surface area contributed by atoms with Gasteiger partial charge in [0.1, 0.15) is 23.1 Å². The molecule has 27 heavy (non-hydrogen) atoms. The molecule has 0 bridgehead atoms. The van der Waals surface area contributed by atoms with E-state index < -0.39 is 0 Å². The van der Waals surface area contributed by atoms with Crippen molar-refractivity contribution in [3.05, 3.63) is 71.9 Å². The molecule has 0 unspecified atom stereocenters. The summed E-state index contributed by atoms with van der Waals surface area (Å²) in [6.07, 6.45) is 3.41. The van der Waals surface area contributed by atoms with E-state index in [-0.39, 0.29) is 5.91 Å². The number of carbonyl (C=O) groups is 1. The van der Waals surface area contributed by atoms with E-state index >= 15 is 0 Å². The number of hydrogen-bond donors (Lipinski definition) is 2. The minimum Gasteiger partial charge on any atom is -0.494 e. The molecule has 7 nitrogen and oxygen atoms in total. The predicted octanol–water partition coefficient (Wildman–Crippen LogP) is 3.25. The lowest BCUT2D eigenvalue weighted by molar-refractivity contribution is 0.0945. The average Bonchev–Trinajstić information content (AvgIpc) is 2.68. The standard InChI is InChI=1S/C20H21N5O2/c1-3-27-17-8-6-16(7-9-17)25-19-11-18(23-14(2)24-19)20(26)22-13-15-5-4-10-21-12-15/h4-12H,3,13H2,1-2H3,(H,22,26)(H,23,24,25). The maximum Gasteiger partial charge on any atom is 0.270 e. The molecule has 138 valence electrons. The topological polar surface area (TPSA) is 89.0 Å². The Kier molecular flexibility index (Phi) is 5.94. The van der Waals surface area contributed by atoms with Crippen LogP contribution in [0.5, 0.6) is 5.75 Å². The number of nitrogens with one attached hydrogen (secondary N) is 2. The fraction of sp³-hybridized carbons (Fsp3) is 0.200. The van der Waals surface area contributed by atoms with E-state index in [9.17, 15) is 4.79 Å². The number of pyridine rings is 1. The first-order valence-corrected chi connectivity index (χ1v) is 8.66. The molecule has 2 heterocycles. The second kappa shape index (κ2) is 8.75. The van der Waals surface area contributed by atoms with E-state index in [0.29, 0.717) is 30.5 Å². The summed E-state index contributed by atoms with van der Waals surface area (Å²) in [7, 11) is 0. The molecule has 0 saturated heterocycles. The van der Waals surface area contributed by atoms with E-state index in [0.717, 1.165) is 17.0 Å². The largest absolute Gasteiger partial charge is 0.494 e. The highest BCUT2D eigenvalue weighted by molar-refractivity contribution is 5.93. The molecule has 1 aromatic carbocycles. The zero-order valence-corrected chi connectivity index (χ0v) is 15.3. The second-order valence-electron chi connectivity index (χ2n) is 5.81. The van der Waals surface area contributed by atoms with Crippen LogP contribution in [-0.2, 0) is 6.54 Å². The molecule has 0 aliphatic carbocycles. The van der Waals surface area contributed by atoms with Gasteiger partial charge in [-0.3, -0.25) is 9.78 Å². The van der Waals surface area contributed by atoms with E-state index in [1.807, 2.05) is 43.3 Å². The molecule has 0 spiro atoms. The van der Waals surface area contributed by atoms with Crippen molar-refractivity contribution in [1.29, 1.82) is 0 Å². The highest BCUT2D eigenvalue weighted by atomic mass is 16.5. The van der Waals surface area contributed by atoms with Crippen molar-refractivity contribution in [2.75, 3.05) is 11.9 Å². The van der Waals surface area contributed by atoms with Gasteiger partial charge in [0.25, 0.3) is 5.91 Å². The van der Waals surface area contributed by atoms with Crippen LogP contribution in [0.2, 0.25) is 0 Å². The first kappa shape index (κ1) is 18.3. The van der Waals surface area contributed by atoms with Crippen molar-refractivity contribution >= 4 is 17.4 Å². The van der Waals surface area contributed by atoms with Gasteiger partial charge < -0.3 is 15.4 Å². The van der Waals surface area contributed by atoms with Crippen molar-refractivity contribution in [2.45, 2.75) is 20.4 Å². The molecule has 2 aromatic heterocycles. The van der Waals surface area contributed by atoms with Crippen molar-refractivity contribution < 1.29 is 9.53 Å². The van der Waals surface area contributed by atoms with Crippen LogP contribution in [0, 0.1) is 6.92 Å². The summed E-state index contributed by atoms with van der Waals surface area (Å²) >= 11 is 0. The Balaban J connectivity index is 1.68. The number of benzene rings is 1. The number of hydrogen-bond acceptors (Lipinski definition) is 6. The summed E-state index contributed by atoms with van der Waals surface area (Å²) in [5, 5.41) is 6.03. The molecule has 0 aliphatic heterocycles. The third-order valence-electron chi connectivity index (χ3n) is 3.68. The highest BCUT2D eigenvalue weighted by Gasteiger charge is 2.11. The monoisotopic (exact) mass is 363 g/mol. The van der Waals surface area contributed by atoms with Gasteiger partial charge >= 0.3 is 0 Å². The van der Waals surface area contributed by atoms with Crippen molar-refractivity contribution in [3.8, 4) is 5.75 Å². The summed E-state index contributed by atoms with van der Waals surface area (Å²) in [4.78, 5) is 25.0. The average molecular weight is 363 g/mol. The summed E-state index contributed by atoms with van der Waals surface area (Å²) in [5.74, 6) is 1.60. The zero-order chi connectivity index (χ0) is 19.1. The molecule has 1 amide bonds. The SMILES string of the molecule is CCOc1ccc(Nc2cc(C(=O)NCc3cccnc3)nc(C)n2)cc1. The molecular weight excluding hydrogens is 342 g/mol. The minimum atomic E-state index is -0.265. The van der Waals surface area contributed by atoms with Gasteiger partial charge in [-0.15, -0.1) is 0 Å². The Morgan fingerprint density at radius 2 is 1.96 bits per heavy atom. The van der Waals surface area contributed by atoms with Crippen molar-refractivity contribution in [2.24, 2.45) is 0 Å². The Hall–Kier alpha value is -3.48. The Morgan fingerprint density at radius 3 is 2.67 bits per heavy atom. The summed E-state index contributed by atoms with van der Waals surface area (Å²) in [6, 6.07) is 12.9. The number of aromatic nitrogens is 3. The molecular formula is C20H21N5O2. The van der Waals surface area contributed by atoms with Crippen LogP contribution in [0.15, 0.2) is 54.9 Å². The summed E-state index contributed by atoms with van der Waals surface area (Å²) in [6.45, 7) is 4.70. The van der Waals surface area contributed by atoms with Crippen LogP contribution in [0.3, 0.4) is 0 Å². The lowest BCUT2D eigenvalue weighted by atomic mass is 10.2. The lowest BCUT2D eigenvalue weighted by Crippen LogP contribution is -2.24. The summed E-state index contributed by atoms with van der Waals surface area (Å²) in [5.41, 5.74) is 2.07. The molecule has 7 heteroatoms. The molecule has 0 atom stereocenters. The van der Waals surface area contributed by atoms with Crippen LogP contribution in [0.1, 0.15) is 28.8 Å². The Morgan fingerprint density at radius 1 is 1.15 bits per heavy atom. The van der Waals surface area contributed by atoms with Crippen LogP contribution >= 0.6 is 0 Å². The van der Waals surface area contributed by atoms with Gasteiger partial charge in [-0.25, -0.2) is 9.97 Å². The predicted molar refractivity (Wildman–Crippen MR) is 103 cm³/mol. The van der Waals surface area contributed by atoms with Crippen LogP contribution in [0.4, 0.5) is 11.5 Å². The summed E-state index contributed by atoms with van der Waals surface area (Å²) < 4.78 is 5.43. The fourth-order valence-corrected chi connectivity index (χ4v) is 2.47. The van der Waals surface area contributed by atoms with Gasteiger partial charge in [-0.1, -0.05) is 6.07 Å².